The van der Waals surface area contributed by atoms with Crippen molar-refractivity contribution < 1.29 is 33.0 Å². The van der Waals surface area contributed by atoms with E-state index in [1.54, 1.807) is 60.7 Å². The summed E-state index contributed by atoms with van der Waals surface area (Å²) < 4.78 is 31.0. The molecule has 5 aromatic rings. The lowest BCUT2D eigenvalue weighted by Gasteiger charge is -2.24. The van der Waals surface area contributed by atoms with Crippen LogP contribution in [0.25, 0.3) is 11.0 Å². The second-order valence-electron chi connectivity index (χ2n) is 9.85. The van der Waals surface area contributed by atoms with Crippen molar-refractivity contribution in [3.8, 4) is 11.5 Å². The van der Waals surface area contributed by atoms with Crippen LogP contribution in [0.1, 0.15) is 41.1 Å². The van der Waals surface area contributed by atoms with Gasteiger partial charge in [-0.1, -0.05) is 66.4 Å². The van der Waals surface area contributed by atoms with Gasteiger partial charge in [-0.3, -0.25) is 14.5 Å². The van der Waals surface area contributed by atoms with Crippen LogP contribution in [0.3, 0.4) is 0 Å². The van der Waals surface area contributed by atoms with Gasteiger partial charge in [0.05, 0.1) is 25.3 Å². The Morgan fingerprint density at radius 1 is 1.11 bits per heavy atom. The van der Waals surface area contributed by atoms with Crippen molar-refractivity contribution in [3.63, 3.8) is 0 Å². The van der Waals surface area contributed by atoms with E-state index >= 15 is 0 Å². The first-order valence-corrected chi connectivity index (χ1v) is 15.5. The van der Waals surface area contributed by atoms with Crippen LogP contribution in [0.2, 0.25) is 0 Å². The summed E-state index contributed by atoms with van der Waals surface area (Å²) in [4.78, 5) is 29.0. The molecular formula is C32H26FN3O6S2. The van der Waals surface area contributed by atoms with Gasteiger partial charge >= 0.3 is 0 Å². The standard InChI is InChI=1S/C32H26FN3O6S2/c1-3-14-41-22-8-4-6-19(15-22)26-25(27(37)24-16-20-7-5-9-23(40-2)29(20)42-24)28(38)30(39)36(26)31-34-35-32(44-31)43-17-18-10-12-21(33)13-11-18/h4-13,15-16,26,38H,3,14,17H2,1-2H3. The van der Waals surface area contributed by atoms with E-state index < -0.39 is 23.5 Å². The van der Waals surface area contributed by atoms with Gasteiger partial charge in [0, 0.05) is 11.1 Å². The molecule has 6 rings (SSSR count). The van der Waals surface area contributed by atoms with Crippen LogP contribution >= 0.6 is 23.1 Å². The Morgan fingerprint density at radius 2 is 1.91 bits per heavy atom. The third-order valence-electron chi connectivity index (χ3n) is 6.93. The molecular weight excluding hydrogens is 605 g/mol. The molecule has 1 amide bonds. The lowest BCUT2D eigenvalue weighted by Crippen LogP contribution is -2.31. The van der Waals surface area contributed by atoms with Crippen LogP contribution in [-0.2, 0) is 10.5 Å². The maximum atomic E-state index is 14.1. The maximum absolute atomic E-state index is 14.1. The van der Waals surface area contributed by atoms with Crippen molar-refractivity contribution >= 4 is 50.9 Å². The summed E-state index contributed by atoms with van der Waals surface area (Å²) in [5, 5.41) is 20.5. The van der Waals surface area contributed by atoms with Crippen LogP contribution < -0.4 is 14.4 Å². The van der Waals surface area contributed by atoms with Gasteiger partial charge in [0.1, 0.15) is 11.6 Å². The molecule has 0 spiro atoms. The Kier molecular flexibility index (Phi) is 8.36. The number of Topliss-reactive ketones (excluding diaryl/α,β-unsaturated/α-hetero) is 1. The number of thioether (sulfide) groups is 1. The quantitative estimate of drug-likeness (QED) is 0.0911. The molecule has 0 radical (unpaired) electrons. The Bertz CT molecular complexity index is 1880. The minimum Gasteiger partial charge on any atom is -0.503 e. The summed E-state index contributed by atoms with van der Waals surface area (Å²) in [7, 11) is 1.50. The van der Waals surface area contributed by atoms with Crippen molar-refractivity contribution in [1.82, 2.24) is 10.2 Å². The molecule has 1 aliphatic rings. The lowest BCUT2D eigenvalue weighted by molar-refractivity contribution is -0.117. The summed E-state index contributed by atoms with van der Waals surface area (Å²) in [5.41, 5.74) is 1.64. The number of amides is 1. The number of nitrogens with zero attached hydrogens (tertiary/aromatic N) is 3. The number of para-hydroxylation sites is 1. The Labute approximate surface area is 259 Å². The second kappa shape index (κ2) is 12.5. The summed E-state index contributed by atoms with van der Waals surface area (Å²) in [6, 6.07) is 18.9. The number of hydrogen-bond acceptors (Lipinski definition) is 10. The number of aliphatic hydroxyl groups excluding tert-OH is 1. The average Bonchev–Trinajstić information content (AvgIpc) is 3.76. The monoisotopic (exact) mass is 631 g/mol. The number of furan rings is 1. The van der Waals surface area contributed by atoms with Crippen molar-refractivity contribution in [2.45, 2.75) is 29.5 Å². The number of fused-ring (bicyclic) bond motifs is 1. The zero-order chi connectivity index (χ0) is 30.8. The first kappa shape index (κ1) is 29.4. The molecule has 9 nitrogen and oxygen atoms in total. The van der Waals surface area contributed by atoms with Gasteiger partial charge in [-0.25, -0.2) is 4.39 Å². The number of carbonyl (C=O) groups is 2. The highest BCUT2D eigenvalue weighted by Crippen LogP contribution is 2.45. The molecule has 0 fully saturated rings. The van der Waals surface area contributed by atoms with Crippen LogP contribution in [-0.4, -0.2) is 40.7 Å². The normalized spacial score (nSPS) is 14.9. The summed E-state index contributed by atoms with van der Waals surface area (Å²) in [6.45, 7) is 2.47. The second-order valence-corrected chi connectivity index (χ2v) is 12.0. The first-order chi connectivity index (χ1) is 21.4. The number of carbonyl (C=O) groups excluding carboxylic acids is 2. The van der Waals surface area contributed by atoms with Crippen molar-refractivity contribution in [3.05, 3.63) is 107 Å². The molecule has 3 heterocycles. The number of aromatic nitrogens is 2. The summed E-state index contributed by atoms with van der Waals surface area (Å²) >= 11 is 2.52. The van der Waals surface area contributed by atoms with E-state index in [1.165, 1.54) is 35.9 Å². The predicted molar refractivity (Wildman–Crippen MR) is 165 cm³/mol. The van der Waals surface area contributed by atoms with E-state index in [0.29, 0.717) is 44.7 Å². The number of methoxy groups -OCH3 is 1. The fraction of sp³-hybridized carbons (Fsp3) is 0.188. The molecule has 3 aromatic carbocycles. The fourth-order valence-electron chi connectivity index (χ4n) is 4.87. The number of ketones is 1. The van der Waals surface area contributed by atoms with Gasteiger partial charge < -0.3 is 19.0 Å². The molecule has 12 heteroatoms. The van der Waals surface area contributed by atoms with E-state index in [0.717, 1.165) is 23.3 Å². The highest BCUT2D eigenvalue weighted by molar-refractivity contribution is 8.00. The molecule has 2 aromatic heterocycles. The van der Waals surface area contributed by atoms with Crippen LogP contribution in [0.5, 0.6) is 11.5 Å². The molecule has 0 saturated heterocycles. The highest BCUT2D eigenvalue weighted by atomic mass is 32.2. The van der Waals surface area contributed by atoms with Crippen molar-refractivity contribution in [1.29, 1.82) is 0 Å². The summed E-state index contributed by atoms with van der Waals surface area (Å²) in [5.74, 6) is -1.03. The Morgan fingerprint density at radius 3 is 2.68 bits per heavy atom. The van der Waals surface area contributed by atoms with Gasteiger partial charge in [0.25, 0.3) is 5.91 Å². The number of rotatable bonds is 11. The molecule has 0 bridgehead atoms. The molecule has 1 N–H and O–H groups in total. The first-order valence-electron chi connectivity index (χ1n) is 13.7. The molecule has 224 valence electrons. The molecule has 1 atom stereocenters. The smallest absolute Gasteiger partial charge is 0.296 e. The van der Waals surface area contributed by atoms with Gasteiger partial charge in [-0.05, 0) is 53.9 Å². The van der Waals surface area contributed by atoms with E-state index in [1.807, 2.05) is 6.92 Å². The SMILES string of the molecule is CCCOc1cccc(C2C(C(=O)c3cc4cccc(OC)c4o3)=C(O)C(=O)N2c2nnc(SCc3ccc(F)cc3)s2)c1. The number of aliphatic hydroxyl groups is 1. The average molecular weight is 632 g/mol. The van der Waals surface area contributed by atoms with Crippen molar-refractivity contribution in [2.75, 3.05) is 18.6 Å². The van der Waals surface area contributed by atoms with Gasteiger partial charge in [0.15, 0.2) is 27.2 Å². The van der Waals surface area contributed by atoms with Gasteiger partial charge in [-0.15, -0.1) is 10.2 Å². The number of anilines is 1. The van der Waals surface area contributed by atoms with Gasteiger partial charge in [0.2, 0.25) is 10.9 Å². The number of halogens is 1. The van der Waals surface area contributed by atoms with E-state index in [9.17, 15) is 19.1 Å². The number of benzene rings is 3. The Hall–Kier alpha value is -4.68. The zero-order valence-corrected chi connectivity index (χ0v) is 25.3. The zero-order valence-electron chi connectivity index (χ0n) is 23.7. The van der Waals surface area contributed by atoms with E-state index in [-0.39, 0.29) is 22.3 Å². The third-order valence-corrected chi connectivity index (χ3v) is 9.06. The van der Waals surface area contributed by atoms with Crippen LogP contribution in [0.4, 0.5) is 9.52 Å². The molecule has 44 heavy (non-hydrogen) atoms. The summed E-state index contributed by atoms with van der Waals surface area (Å²) in [6.07, 6.45) is 0.793. The lowest BCUT2D eigenvalue weighted by atomic mass is 9.95. The number of hydrogen-bond donors (Lipinski definition) is 1. The third kappa shape index (κ3) is 5.65. The molecule has 0 aliphatic carbocycles. The predicted octanol–water partition coefficient (Wildman–Crippen LogP) is 7.30. The highest BCUT2D eigenvalue weighted by Gasteiger charge is 2.47. The van der Waals surface area contributed by atoms with E-state index in [4.69, 9.17) is 13.9 Å². The van der Waals surface area contributed by atoms with Crippen LogP contribution in [0, 0.1) is 5.82 Å². The maximum Gasteiger partial charge on any atom is 0.296 e. The van der Waals surface area contributed by atoms with Crippen LogP contribution in [0.15, 0.2) is 92.9 Å². The molecule has 1 aliphatic heterocycles. The molecule has 0 saturated carbocycles. The van der Waals surface area contributed by atoms with E-state index in [2.05, 4.69) is 10.2 Å². The minimum absolute atomic E-state index is 0.0584. The van der Waals surface area contributed by atoms with Gasteiger partial charge in [-0.2, -0.15) is 0 Å². The fourth-order valence-corrected chi connectivity index (χ4v) is 6.69. The minimum atomic E-state index is -1.04. The largest absolute Gasteiger partial charge is 0.503 e. The van der Waals surface area contributed by atoms with Crippen molar-refractivity contribution in [2.24, 2.45) is 0 Å². The number of ether oxygens (including phenoxy) is 2. The topological polar surface area (TPSA) is 115 Å². The molecule has 1 unspecified atom stereocenters. The Balaban J connectivity index is 1.38.